The fraction of sp³-hybridized carbons (Fsp3) is 0.541. The monoisotopic (exact) mass is 666 g/mol. The van der Waals surface area contributed by atoms with Crippen molar-refractivity contribution in [3.63, 3.8) is 0 Å². The first-order valence-electron chi connectivity index (χ1n) is 16.5. The largest absolute Gasteiger partial charge is 0.458 e. The summed E-state index contributed by atoms with van der Waals surface area (Å²) in [7, 11) is 0. The van der Waals surface area contributed by atoms with Crippen LogP contribution in [0.15, 0.2) is 48.5 Å². The van der Waals surface area contributed by atoms with Crippen molar-refractivity contribution in [2.24, 2.45) is 5.73 Å². The Balaban J connectivity index is 2.69. The molecule has 0 saturated heterocycles. The molecule has 2 aromatic rings. The number of ether oxygens (including phenoxy) is 2. The van der Waals surface area contributed by atoms with E-state index < -0.39 is 65.5 Å². The molecule has 4 N–H and O–H groups in total. The van der Waals surface area contributed by atoms with Crippen molar-refractivity contribution in [3.05, 3.63) is 70.8 Å². The minimum atomic E-state index is -1.41. The lowest BCUT2D eigenvalue weighted by Crippen LogP contribution is -2.56. The summed E-state index contributed by atoms with van der Waals surface area (Å²) >= 11 is 0. The van der Waals surface area contributed by atoms with Gasteiger partial charge in [-0.25, -0.2) is 9.59 Å². The highest BCUT2D eigenvalue weighted by atomic mass is 16.6. The number of hydrogen-bond acceptors (Lipinski definition) is 7. The van der Waals surface area contributed by atoms with Crippen molar-refractivity contribution >= 4 is 29.8 Å². The number of nitrogens with zero attached hydrogens (tertiary/aromatic N) is 1. The lowest BCUT2D eigenvalue weighted by atomic mass is 9.95. The molecule has 0 spiro atoms. The van der Waals surface area contributed by atoms with Crippen LogP contribution in [0.3, 0.4) is 0 Å². The van der Waals surface area contributed by atoms with Gasteiger partial charge in [0.2, 0.25) is 17.7 Å². The van der Waals surface area contributed by atoms with Crippen LogP contribution in [0.2, 0.25) is 0 Å². The minimum absolute atomic E-state index is 0.124. The fourth-order valence-electron chi connectivity index (χ4n) is 5.12. The summed E-state index contributed by atoms with van der Waals surface area (Å²) in [5.41, 5.74) is 6.77. The second-order valence-electron chi connectivity index (χ2n) is 14.2. The summed E-state index contributed by atoms with van der Waals surface area (Å²) in [6.45, 7) is 16.1. The number of carbonyl (C=O) groups is 5. The van der Waals surface area contributed by atoms with Gasteiger partial charge in [0.15, 0.2) is 0 Å². The van der Waals surface area contributed by atoms with Gasteiger partial charge in [0, 0.05) is 13.0 Å². The number of amides is 4. The summed E-state index contributed by atoms with van der Waals surface area (Å²) in [5, 5.41) is 5.40. The molecule has 0 fully saturated rings. The maximum Gasteiger partial charge on any atom is 0.408 e. The quantitative estimate of drug-likeness (QED) is 0.174. The average Bonchev–Trinajstić information content (AvgIpc) is 2.95. The zero-order valence-electron chi connectivity index (χ0n) is 30.0. The molecule has 2 rings (SSSR count). The highest BCUT2D eigenvalue weighted by Gasteiger charge is 2.39. The first-order chi connectivity index (χ1) is 22.3. The molecule has 264 valence electrons. The van der Waals surface area contributed by atoms with E-state index >= 15 is 0 Å². The fourth-order valence-corrected chi connectivity index (χ4v) is 5.12. The van der Waals surface area contributed by atoms with Crippen LogP contribution in [0, 0.1) is 13.8 Å². The van der Waals surface area contributed by atoms with E-state index in [0.29, 0.717) is 12.0 Å². The molecule has 0 aromatic heterocycles. The number of esters is 1. The summed E-state index contributed by atoms with van der Waals surface area (Å²) in [4.78, 5) is 69.0. The van der Waals surface area contributed by atoms with Gasteiger partial charge in [-0.3, -0.25) is 14.4 Å². The van der Waals surface area contributed by atoms with Crippen molar-refractivity contribution in [1.82, 2.24) is 15.5 Å². The van der Waals surface area contributed by atoms with Gasteiger partial charge in [-0.05, 0) is 78.5 Å². The molecule has 48 heavy (non-hydrogen) atoms. The summed E-state index contributed by atoms with van der Waals surface area (Å²) < 4.78 is 11.1. The number of benzene rings is 2. The molecule has 0 aliphatic carbocycles. The van der Waals surface area contributed by atoms with Gasteiger partial charge in [0.05, 0.1) is 6.42 Å². The van der Waals surface area contributed by atoms with E-state index in [0.717, 1.165) is 29.5 Å². The van der Waals surface area contributed by atoms with Crippen LogP contribution in [-0.4, -0.2) is 64.5 Å². The van der Waals surface area contributed by atoms with Gasteiger partial charge in [-0.2, -0.15) is 0 Å². The third kappa shape index (κ3) is 13.4. The first kappa shape index (κ1) is 39.8. The Hall–Kier alpha value is -4.41. The maximum atomic E-state index is 14.6. The lowest BCUT2D eigenvalue weighted by Gasteiger charge is -2.36. The van der Waals surface area contributed by atoms with Crippen molar-refractivity contribution < 1.29 is 33.4 Å². The Morgan fingerprint density at radius 3 is 2.02 bits per heavy atom. The number of nitrogens with two attached hydrogens (primary N) is 1. The van der Waals surface area contributed by atoms with Gasteiger partial charge in [-0.15, -0.1) is 0 Å². The predicted molar refractivity (Wildman–Crippen MR) is 185 cm³/mol. The number of nitrogens with one attached hydrogen (secondary N) is 2. The van der Waals surface area contributed by atoms with Gasteiger partial charge >= 0.3 is 12.1 Å². The standard InChI is InChI=1S/C37H54N4O7/c1-10-11-15-20-41(33(44)28(23-30(38)42)40-35(46)48-37(7,8)9)31(27-21-24(2)18-19-25(27)3)32(43)39-29(34(45)47-36(4,5)6)22-26-16-13-12-14-17-26/h12-14,16-19,21,28-29,31H,10-11,15,20,22-23H2,1-9H3,(H2,38,42)(H,39,43)(H,40,46). The van der Waals surface area contributed by atoms with E-state index in [2.05, 4.69) is 10.6 Å². The van der Waals surface area contributed by atoms with Crippen LogP contribution < -0.4 is 16.4 Å². The Morgan fingerprint density at radius 2 is 1.46 bits per heavy atom. The Morgan fingerprint density at radius 1 is 0.833 bits per heavy atom. The van der Waals surface area contributed by atoms with E-state index in [4.69, 9.17) is 15.2 Å². The molecule has 0 bridgehead atoms. The highest BCUT2D eigenvalue weighted by Crippen LogP contribution is 2.28. The van der Waals surface area contributed by atoms with E-state index in [1.807, 2.05) is 69.3 Å². The van der Waals surface area contributed by atoms with Gasteiger partial charge in [-0.1, -0.05) is 73.9 Å². The van der Waals surface area contributed by atoms with Crippen molar-refractivity contribution in [1.29, 1.82) is 0 Å². The second-order valence-corrected chi connectivity index (χ2v) is 14.2. The van der Waals surface area contributed by atoms with Crippen LogP contribution in [0.5, 0.6) is 0 Å². The summed E-state index contributed by atoms with van der Waals surface area (Å²) in [6, 6.07) is 11.1. The third-order valence-electron chi connectivity index (χ3n) is 7.26. The maximum absolute atomic E-state index is 14.6. The van der Waals surface area contributed by atoms with Crippen LogP contribution >= 0.6 is 0 Å². The topological polar surface area (TPSA) is 157 Å². The van der Waals surface area contributed by atoms with Crippen LogP contribution in [0.1, 0.15) is 102 Å². The minimum Gasteiger partial charge on any atom is -0.458 e. The van der Waals surface area contributed by atoms with Crippen LogP contribution in [0.25, 0.3) is 0 Å². The molecule has 3 unspecified atom stereocenters. The molecule has 11 nitrogen and oxygen atoms in total. The number of hydrogen-bond donors (Lipinski definition) is 3. The van der Waals surface area contributed by atoms with Crippen molar-refractivity contribution in [2.75, 3.05) is 6.54 Å². The van der Waals surface area contributed by atoms with Gasteiger partial charge in [0.1, 0.15) is 29.3 Å². The zero-order chi connectivity index (χ0) is 36.2. The summed E-state index contributed by atoms with van der Waals surface area (Å²) in [6.07, 6.45) is 0.844. The van der Waals surface area contributed by atoms with E-state index in [9.17, 15) is 24.0 Å². The van der Waals surface area contributed by atoms with E-state index in [1.165, 1.54) is 4.90 Å². The Bertz CT molecular complexity index is 1410. The number of unbranched alkanes of at least 4 members (excludes halogenated alkanes) is 2. The SMILES string of the molecule is CCCCCN(C(=O)C(CC(N)=O)NC(=O)OC(C)(C)C)C(C(=O)NC(Cc1ccccc1)C(=O)OC(C)(C)C)c1cc(C)ccc1C. The molecule has 0 aliphatic rings. The molecule has 11 heteroatoms. The Labute approximate surface area is 285 Å². The molecule has 0 saturated carbocycles. The normalized spacial score (nSPS) is 13.4. The first-order valence-corrected chi connectivity index (χ1v) is 16.5. The second kappa shape index (κ2) is 17.7. The molecule has 3 atom stereocenters. The smallest absolute Gasteiger partial charge is 0.408 e. The number of primary amides is 1. The molecule has 0 radical (unpaired) electrons. The van der Waals surface area contributed by atoms with Crippen LogP contribution in [0.4, 0.5) is 4.79 Å². The summed E-state index contributed by atoms with van der Waals surface area (Å²) in [5.74, 6) is -2.75. The van der Waals surface area contributed by atoms with Crippen molar-refractivity contribution in [3.8, 4) is 0 Å². The number of aryl methyl sites for hydroxylation is 2. The van der Waals surface area contributed by atoms with E-state index in [-0.39, 0.29) is 13.0 Å². The molecule has 0 aliphatic heterocycles. The zero-order valence-corrected chi connectivity index (χ0v) is 30.0. The highest BCUT2D eigenvalue weighted by molar-refractivity contribution is 5.96. The van der Waals surface area contributed by atoms with Crippen LogP contribution in [-0.2, 0) is 35.1 Å². The number of rotatable bonds is 15. The third-order valence-corrected chi connectivity index (χ3v) is 7.26. The van der Waals surface area contributed by atoms with Gasteiger partial charge < -0.3 is 30.7 Å². The molecule has 4 amide bonds. The lowest BCUT2D eigenvalue weighted by molar-refractivity contribution is -0.159. The Kier molecular flexibility index (Phi) is 14.6. The molecule has 0 heterocycles. The van der Waals surface area contributed by atoms with Gasteiger partial charge in [0.25, 0.3) is 0 Å². The van der Waals surface area contributed by atoms with E-state index in [1.54, 1.807) is 41.5 Å². The number of carbonyl (C=O) groups excluding carboxylic acids is 5. The molecular formula is C37H54N4O7. The molecule has 2 aromatic carbocycles. The average molecular weight is 667 g/mol. The number of alkyl carbamates (subject to hydrolysis) is 1. The van der Waals surface area contributed by atoms with Crippen molar-refractivity contribution in [2.45, 2.75) is 124 Å². The molecular weight excluding hydrogens is 612 g/mol. The predicted octanol–water partition coefficient (Wildman–Crippen LogP) is 5.20.